The van der Waals surface area contributed by atoms with E-state index in [1.807, 2.05) is 52.0 Å². The molecule has 1 unspecified atom stereocenters. The summed E-state index contributed by atoms with van der Waals surface area (Å²) in [5.41, 5.74) is 5.25. The number of aryl methyl sites for hydroxylation is 4. The number of ketones is 1. The molecule has 4 rings (SSSR count). The first-order valence-electron chi connectivity index (χ1n) is 10.7. The second kappa shape index (κ2) is 8.54. The van der Waals surface area contributed by atoms with Gasteiger partial charge in [0.05, 0.1) is 24.3 Å². The molecule has 1 aromatic heterocycles. The van der Waals surface area contributed by atoms with Gasteiger partial charge in [-0.2, -0.15) is 0 Å². The Labute approximate surface area is 193 Å². The first-order valence-corrected chi connectivity index (χ1v) is 10.7. The first-order chi connectivity index (χ1) is 15.7. The third-order valence-corrected chi connectivity index (χ3v) is 5.97. The molecule has 3 aromatic rings. The summed E-state index contributed by atoms with van der Waals surface area (Å²) in [4.78, 5) is 32.3. The molecule has 33 heavy (non-hydrogen) atoms. The molecule has 1 atom stereocenters. The topological polar surface area (TPSA) is 79.7 Å². The van der Waals surface area contributed by atoms with Gasteiger partial charge in [0.25, 0.3) is 11.7 Å². The van der Waals surface area contributed by atoms with Gasteiger partial charge >= 0.3 is 0 Å². The number of benzene rings is 2. The monoisotopic (exact) mass is 442 g/mol. The number of hydrogen-bond donors (Lipinski definition) is 1. The maximum absolute atomic E-state index is 13.4. The second-order valence-electron chi connectivity index (χ2n) is 8.40. The standard InChI is InChI=1S/C27H26N2O4/c1-15-6-7-17(3)21(14-15)29-23(19-8-10-28-11-9-19)22(25(31)27(29)32)24(30)20-13-16(2)12-18(4)26(20)33-5/h6-14,23,30H,1-5H3/b24-22+. The van der Waals surface area contributed by atoms with Crippen LogP contribution in [0.15, 0.2) is 60.4 Å². The summed E-state index contributed by atoms with van der Waals surface area (Å²) in [7, 11) is 1.52. The van der Waals surface area contributed by atoms with Crippen LogP contribution < -0.4 is 9.64 Å². The van der Waals surface area contributed by atoms with Crippen molar-refractivity contribution in [1.82, 2.24) is 4.98 Å². The summed E-state index contributed by atoms with van der Waals surface area (Å²) in [5, 5.41) is 11.5. The highest BCUT2D eigenvalue weighted by molar-refractivity contribution is 6.51. The molecule has 2 aromatic carbocycles. The van der Waals surface area contributed by atoms with Crippen LogP contribution in [0, 0.1) is 27.7 Å². The van der Waals surface area contributed by atoms with Crippen LogP contribution in [-0.4, -0.2) is 28.9 Å². The molecular weight excluding hydrogens is 416 g/mol. The number of methoxy groups -OCH3 is 1. The molecule has 0 aliphatic carbocycles. The molecule has 2 heterocycles. The zero-order valence-electron chi connectivity index (χ0n) is 19.3. The lowest BCUT2D eigenvalue weighted by atomic mass is 9.94. The molecule has 1 amide bonds. The molecule has 0 bridgehead atoms. The number of hydrogen-bond acceptors (Lipinski definition) is 5. The predicted molar refractivity (Wildman–Crippen MR) is 127 cm³/mol. The van der Waals surface area contributed by atoms with Crippen LogP contribution in [0.5, 0.6) is 5.75 Å². The lowest BCUT2D eigenvalue weighted by Gasteiger charge is -2.27. The third kappa shape index (κ3) is 3.78. The van der Waals surface area contributed by atoms with Gasteiger partial charge in [-0.1, -0.05) is 18.2 Å². The fourth-order valence-electron chi connectivity index (χ4n) is 4.47. The zero-order chi connectivity index (χ0) is 23.9. The number of Topliss-reactive ketones (excluding diaryl/α,β-unsaturated/α-hetero) is 1. The van der Waals surface area contributed by atoms with Crippen molar-refractivity contribution in [3.8, 4) is 5.75 Å². The average Bonchev–Trinajstić information content (AvgIpc) is 3.05. The van der Waals surface area contributed by atoms with Crippen LogP contribution in [0.2, 0.25) is 0 Å². The number of rotatable bonds is 4. The summed E-state index contributed by atoms with van der Waals surface area (Å²) in [6, 6.07) is 12.1. The maximum Gasteiger partial charge on any atom is 0.300 e. The molecule has 168 valence electrons. The van der Waals surface area contributed by atoms with Crippen molar-refractivity contribution in [3.05, 3.63) is 93.8 Å². The van der Waals surface area contributed by atoms with Crippen LogP contribution in [0.4, 0.5) is 5.69 Å². The van der Waals surface area contributed by atoms with Crippen molar-refractivity contribution >= 4 is 23.1 Å². The summed E-state index contributed by atoms with van der Waals surface area (Å²) in [6.07, 6.45) is 3.21. The first kappa shape index (κ1) is 22.3. The molecule has 1 N–H and O–H groups in total. The van der Waals surface area contributed by atoms with E-state index >= 15 is 0 Å². The minimum absolute atomic E-state index is 0.0235. The molecule has 0 saturated carbocycles. The van der Waals surface area contributed by atoms with E-state index in [9.17, 15) is 14.7 Å². The molecule has 1 fully saturated rings. The predicted octanol–water partition coefficient (Wildman–Crippen LogP) is 4.95. The Morgan fingerprint density at radius 2 is 1.64 bits per heavy atom. The van der Waals surface area contributed by atoms with Gasteiger partial charge in [-0.15, -0.1) is 0 Å². The van der Waals surface area contributed by atoms with E-state index in [2.05, 4.69) is 4.98 Å². The number of nitrogens with zero attached hydrogens (tertiary/aromatic N) is 2. The van der Waals surface area contributed by atoms with Crippen LogP contribution in [0.1, 0.15) is 39.4 Å². The van der Waals surface area contributed by atoms with Gasteiger partial charge in [0.15, 0.2) is 0 Å². The van der Waals surface area contributed by atoms with Crippen LogP contribution in [0.25, 0.3) is 5.76 Å². The number of aromatic nitrogens is 1. The number of aliphatic hydroxyl groups is 1. The highest BCUT2D eigenvalue weighted by Crippen LogP contribution is 2.44. The number of anilines is 1. The van der Waals surface area contributed by atoms with E-state index in [0.29, 0.717) is 22.6 Å². The van der Waals surface area contributed by atoms with E-state index in [1.54, 1.807) is 30.6 Å². The Balaban J connectivity index is 2.03. The van der Waals surface area contributed by atoms with Crippen LogP contribution >= 0.6 is 0 Å². The fraction of sp³-hybridized carbons (Fsp3) is 0.222. The number of aliphatic hydroxyl groups excluding tert-OH is 1. The molecule has 1 aliphatic rings. The number of amides is 1. The lowest BCUT2D eigenvalue weighted by molar-refractivity contribution is -0.132. The highest BCUT2D eigenvalue weighted by Gasteiger charge is 2.47. The molecule has 0 radical (unpaired) electrons. The number of pyridine rings is 1. The maximum atomic E-state index is 13.4. The molecule has 1 saturated heterocycles. The molecule has 6 heteroatoms. The Bertz CT molecular complexity index is 1290. The van der Waals surface area contributed by atoms with Crippen molar-refractivity contribution in [1.29, 1.82) is 0 Å². The molecule has 6 nitrogen and oxygen atoms in total. The van der Waals surface area contributed by atoms with E-state index in [0.717, 1.165) is 22.3 Å². The van der Waals surface area contributed by atoms with Gasteiger partial charge < -0.3 is 9.84 Å². The second-order valence-corrected chi connectivity index (χ2v) is 8.40. The SMILES string of the molecule is COc1c(C)cc(C)cc1/C(O)=C1\C(=O)C(=O)N(c2cc(C)ccc2C)C1c1ccncc1. The average molecular weight is 443 g/mol. The van der Waals surface area contributed by atoms with Gasteiger partial charge in [-0.05, 0) is 79.8 Å². The normalized spacial score (nSPS) is 17.5. The van der Waals surface area contributed by atoms with Gasteiger partial charge in [0.1, 0.15) is 11.5 Å². The Kier molecular flexibility index (Phi) is 5.77. The van der Waals surface area contributed by atoms with Gasteiger partial charge in [-0.3, -0.25) is 19.5 Å². The molecular formula is C27H26N2O4. The van der Waals surface area contributed by atoms with E-state index in [-0.39, 0.29) is 11.3 Å². The van der Waals surface area contributed by atoms with Gasteiger partial charge in [0, 0.05) is 18.1 Å². The molecule has 0 spiro atoms. The lowest BCUT2D eigenvalue weighted by Crippen LogP contribution is -2.30. The van der Waals surface area contributed by atoms with E-state index in [4.69, 9.17) is 4.74 Å². The minimum atomic E-state index is -0.806. The fourth-order valence-corrected chi connectivity index (χ4v) is 4.47. The van der Waals surface area contributed by atoms with Gasteiger partial charge in [-0.25, -0.2) is 0 Å². The largest absolute Gasteiger partial charge is 0.507 e. The number of carbonyl (C=O) groups excluding carboxylic acids is 2. The Hall–Kier alpha value is -3.93. The zero-order valence-corrected chi connectivity index (χ0v) is 19.3. The Morgan fingerprint density at radius 1 is 0.939 bits per heavy atom. The van der Waals surface area contributed by atoms with Crippen LogP contribution in [0.3, 0.4) is 0 Å². The minimum Gasteiger partial charge on any atom is -0.507 e. The number of carbonyl (C=O) groups is 2. The summed E-state index contributed by atoms with van der Waals surface area (Å²) in [6.45, 7) is 7.60. The van der Waals surface area contributed by atoms with Crippen LogP contribution in [-0.2, 0) is 9.59 Å². The van der Waals surface area contributed by atoms with Gasteiger partial charge in [0.2, 0.25) is 0 Å². The quantitative estimate of drug-likeness (QED) is 0.351. The van der Waals surface area contributed by atoms with Crippen molar-refractivity contribution in [2.24, 2.45) is 0 Å². The van der Waals surface area contributed by atoms with E-state index < -0.39 is 17.7 Å². The van der Waals surface area contributed by atoms with Crippen molar-refractivity contribution in [2.75, 3.05) is 12.0 Å². The molecule has 1 aliphatic heterocycles. The van der Waals surface area contributed by atoms with Crippen molar-refractivity contribution in [2.45, 2.75) is 33.7 Å². The van der Waals surface area contributed by atoms with Crippen molar-refractivity contribution in [3.63, 3.8) is 0 Å². The summed E-state index contributed by atoms with van der Waals surface area (Å²) < 4.78 is 5.55. The number of ether oxygens (including phenoxy) is 1. The van der Waals surface area contributed by atoms with E-state index in [1.165, 1.54) is 12.0 Å². The summed E-state index contributed by atoms with van der Waals surface area (Å²) >= 11 is 0. The highest BCUT2D eigenvalue weighted by atomic mass is 16.5. The smallest absolute Gasteiger partial charge is 0.300 e. The summed E-state index contributed by atoms with van der Waals surface area (Å²) in [5.74, 6) is -1.22. The van der Waals surface area contributed by atoms with Crippen molar-refractivity contribution < 1.29 is 19.4 Å². The third-order valence-electron chi connectivity index (χ3n) is 5.97. The Morgan fingerprint density at radius 3 is 2.30 bits per heavy atom.